The molecule has 1 aromatic carbocycles. The van der Waals surface area contributed by atoms with Crippen LogP contribution in [0.2, 0.25) is 0 Å². The summed E-state index contributed by atoms with van der Waals surface area (Å²) >= 11 is 0. The van der Waals surface area contributed by atoms with Gasteiger partial charge in [0, 0.05) is 25.2 Å². The Bertz CT molecular complexity index is 1060. The lowest BCUT2D eigenvalue weighted by Crippen LogP contribution is -2.49. The van der Waals surface area contributed by atoms with Crippen molar-refractivity contribution < 1.29 is 14.3 Å². The molecule has 156 valence electrons. The summed E-state index contributed by atoms with van der Waals surface area (Å²) in [4.78, 5) is 27.3. The molecule has 7 nitrogen and oxygen atoms in total. The molecule has 30 heavy (non-hydrogen) atoms. The van der Waals surface area contributed by atoms with Crippen molar-refractivity contribution in [1.29, 1.82) is 0 Å². The third kappa shape index (κ3) is 3.31. The van der Waals surface area contributed by atoms with Gasteiger partial charge in [0.15, 0.2) is 0 Å². The smallest absolute Gasteiger partial charge is 0.224 e. The number of aliphatic hydroxyl groups excluding tert-OH is 1. The van der Waals surface area contributed by atoms with E-state index in [-0.39, 0.29) is 29.7 Å². The number of anilines is 1. The van der Waals surface area contributed by atoms with Gasteiger partial charge in [-0.1, -0.05) is 12.1 Å². The van der Waals surface area contributed by atoms with Crippen molar-refractivity contribution in [2.45, 2.75) is 25.3 Å². The van der Waals surface area contributed by atoms with Crippen LogP contribution in [-0.4, -0.2) is 45.7 Å². The molecule has 1 amide bonds. The predicted octanol–water partition coefficient (Wildman–Crippen LogP) is 2.55. The van der Waals surface area contributed by atoms with Gasteiger partial charge in [-0.3, -0.25) is 4.79 Å². The Morgan fingerprint density at radius 3 is 2.83 bits per heavy atom. The highest BCUT2D eigenvalue weighted by Crippen LogP contribution is 2.56. The zero-order chi connectivity index (χ0) is 20.7. The Hall–Kier alpha value is -3.00. The van der Waals surface area contributed by atoms with E-state index < -0.39 is 6.04 Å². The third-order valence-corrected chi connectivity index (χ3v) is 6.55. The number of H-pyrrole nitrogens is 1. The topological polar surface area (TPSA) is 94.1 Å². The van der Waals surface area contributed by atoms with Gasteiger partial charge < -0.3 is 20.3 Å². The van der Waals surface area contributed by atoms with Crippen LogP contribution in [0.25, 0.3) is 11.0 Å². The molecular weight excluding hydrogens is 385 g/mol. The molecule has 1 aliphatic carbocycles. The standard InChI is InChI=1S/C22H24FN5O2/c23-15-3-1-14(2-4-15)18(11-29)27-21(30)17-6-10-28(12-22(17)7-8-22)20-16-5-9-24-19(16)25-13-26-20/h1-5,9,13,17-18,29H,6-8,10-12H2,(H,27,30)(H,24,25,26)/t17-,18+/m1/s1. The molecule has 3 N–H and O–H groups in total. The Morgan fingerprint density at radius 1 is 1.30 bits per heavy atom. The number of hydrogen-bond acceptors (Lipinski definition) is 5. The van der Waals surface area contributed by atoms with E-state index in [1.807, 2.05) is 12.3 Å². The van der Waals surface area contributed by atoms with Crippen molar-refractivity contribution in [2.75, 3.05) is 24.6 Å². The molecule has 1 aliphatic heterocycles. The van der Waals surface area contributed by atoms with Crippen molar-refractivity contribution in [1.82, 2.24) is 20.3 Å². The zero-order valence-corrected chi connectivity index (χ0v) is 16.5. The number of fused-ring (bicyclic) bond motifs is 1. The van der Waals surface area contributed by atoms with Gasteiger partial charge in [0.1, 0.15) is 23.6 Å². The first-order valence-electron chi connectivity index (χ1n) is 10.3. The SMILES string of the molecule is O=C(N[C@@H](CO)c1ccc(F)cc1)[C@H]1CCN(c2ncnc3[nH]ccc23)CC12CC2. The number of nitrogens with zero attached hydrogens (tertiary/aromatic N) is 3. The van der Waals surface area contributed by atoms with Gasteiger partial charge in [-0.15, -0.1) is 0 Å². The minimum absolute atomic E-state index is 0.0370. The molecule has 5 rings (SSSR count). The molecule has 3 aromatic rings. The summed E-state index contributed by atoms with van der Waals surface area (Å²) in [7, 11) is 0. The van der Waals surface area contributed by atoms with E-state index in [1.54, 1.807) is 18.5 Å². The van der Waals surface area contributed by atoms with E-state index in [9.17, 15) is 14.3 Å². The van der Waals surface area contributed by atoms with Crippen LogP contribution in [0.4, 0.5) is 10.2 Å². The first kappa shape index (κ1) is 19.0. The maximum absolute atomic E-state index is 13.2. The number of rotatable bonds is 5. The van der Waals surface area contributed by atoms with Crippen molar-refractivity contribution in [3.8, 4) is 0 Å². The number of halogens is 1. The summed E-state index contributed by atoms with van der Waals surface area (Å²) in [5.74, 6) is 0.426. The summed E-state index contributed by atoms with van der Waals surface area (Å²) in [6.45, 7) is 1.29. The van der Waals surface area contributed by atoms with Crippen molar-refractivity contribution in [2.24, 2.45) is 11.3 Å². The van der Waals surface area contributed by atoms with Crippen LogP contribution in [0, 0.1) is 17.2 Å². The minimum Gasteiger partial charge on any atom is -0.394 e. The molecule has 0 bridgehead atoms. The highest BCUT2D eigenvalue weighted by Gasteiger charge is 2.55. The number of nitrogens with one attached hydrogen (secondary N) is 2. The number of carbonyl (C=O) groups excluding carboxylic acids is 1. The first-order valence-corrected chi connectivity index (χ1v) is 10.3. The van der Waals surface area contributed by atoms with E-state index in [2.05, 4.69) is 25.2 Å². The predicted molar refractivity (Wildman–Crippen MR) is 110 cm³/mol. The van der Waals surface area contributed by atoms with Gasteiger partial charge in [-0.2, -0.15) is 0 Å². The fourth-order valence-electron chi connectivity index (χ4n) is 4.73. The molecule has 2 atom stereocenters. The number of amides is 1. The second kappa shape index (κ2) is 7.36. The largest absolute Gasteiger partial charge is 0.394 e. The minimum atomic E-state index is -0.534. The number of aromatic nitrogens is 3. The van der Waals surface area contributed by atoms with E-state index in [1.165, 1.54) is 12.1 Å². The maximum atomic E-state index is 13.2. The van der Waals surface area contributed by atoms with Gasteiger partial charge in [-0.05, 0) is 48.4 Å². The summed E-state index contributed by atoms with van der Waals surface area (Å²) in [6.07, 6.45) is 6.16. The molecule has 0 unspecified atom stereocenters. The van der Waals surface area contributed by atoms with E-state index in [0.717, 1.165) is 49.2 Å². The van der Waals surface area contributed by atoms with Crippen molar-refractivity contribution >= 4 is 22.8 Å². The molecule has 2 aromatic heterocycles. The van der Waals surface area contributed by atoms with E-state index in [4.69, 9.17) is 0 Å². The van der Waals surface area contributed by atoms with Crippen LogP contribution in [0.1, 0.15) is 30.9 Å². The van der Waals surface area contributed by atoms with Crippen LogP contribution in [-0.2, 0) is 4.79 Å². The summed E-state index contributed by atoms with van der Waals surface area (Å²) < 4.78 is 13.2. The Morgan fingerprint density at radius 2 is 2.10 bits per heavy atom. The van der Waals surface area contributed by atoms with Crippen LogP contribution in [0.5, 0.6) is 0 Å². The molecule has 3 heterocycles. The monoisotopic (exact) mass is 409 g/mol. The zero-order valence-electron chi connectivity index (χ0n) is 16.5. The van der Waals surface area contributed by atoms with Crippen LogP contribution < -0.4 is 10.2 Å². The molecule has 2 fully saturated rings. The second-order valence-corrected chi connectivity index (χ2v) is 8.36. The molecule has 1 saturated heterocycles. The molecule has 1 saturated carbocycles. The van der Waals surface area contributed by atoms with Crippen LogP contribution >= 0.6 is 0 Å². The van der Waals surface area contributed by atoms with E-state index in [0.29, 0.717) is 5.56 Å². The third-order valence-electron chi connectivity index (χ3n) is 6.55. The number of piperidine rings is 1. The van der Waals surface area contributed by atoms with E-state index >= 15 is 0 Å². The maximum Gasteiger partial charge on any atom is 0.224 e. The van der Waals surface area contributed by atoms with Crippen LogP contribution in [0.3, 0.4) is 0 Å². The van der Waals surface area contributed by atoms with Gasteiger partial charge in [0.2, 0.25) is 5.91 Å². The van der Waals surface area contributed by atoms with Crippen molar-refractivity contribution in [3.63, 3.8) is 0 Å². The fraction of sp³-hybridized carbons (Fsp3) is 0.409. The quantitative estimate of drug-likeness (QED) is 0.602. The van der Waals surface area contributed by atoms with Gasteiger partial charge in [0.25, 0.3) is 0 Å². The van der Waals surface area contributed by atoms with Crippen LogP contribution in [0.15, 0.2) is 42.9 Å². The highest BCUT2D eigenvalue weighted by molar-refractivity contribution is 5.88. The number of carbonyl (C=O) groups is 1. The molecular formula is C22H24FN5O2. The Balaban J connectivity index is 1.31. The molecule has 8 heteroatoms. The average Bonchev–Trinajstić information content (AvgIpc) is 3.34. The summed E-state index contributed by atoms with van der Waals surface area (Å²) in [5.41, 5.74) is 1.46. The summed E-state index contributed by atoms with van der Waals surface area (Å²) in [6, 6.07) is 7.33. The molecule has 0 radical (unpaired) electrons. The van der Waals surface area contributed by atoms with Gasteiger partial charge in [-0.25, -0.2) is 14.4 Å². The number of benzene rings is 1. The average molecular weight is 409 g/mol. The van der Waals surface area contributed by atoms with Gasteiger partial charge in [0.05, 0.1) is 18.0 Å². The fourth-order valence-corrected chi connectivity index (χ4v) is 4.73. The molecule has 2 aliphatic rings. The van der Waals surface area contributed by atoms with Crippen molar-refractivity contribution in [3.05, 3.63) is 54.2 Å². The Kier molecular flexibility index (Phi) is 4.66. The Labute approximate surface area is 173 Å². The lowest BCUT2D eigenvalue weighted by molar-refractivity contribution is -0.129. The second-order valence-electron chi connectivity index (χ2n) is 8.36. The lowest BCUT2D eigenvalue weighted by atomic mass is 9.81. The normalized spacial score (nSPS) is 21.0. The summed E-state index contributed by atoms with van der Waals surface area (Å²) in [5, 5.41) is 13.8. The number of aliphatic hydroxyl groups is 1. The number of hydrogen-bond donors (Lipinski definition) is 3. The number of aromatic amines is 1. The van der Waals surface area contributed by atoms with Gasteiger partial charge >= 0.3 is 0 Å². The first-order chi connectivity index (χ1) is 14.6. The highest BCUT2D eigenvalue weighted by atomic mass is 19.1. The molecule has 1 spiro atoms. The lowest BCUT2D eigenvalue weighted by Gasteiger charge is -2.39.